The maximum absolute atomic E-state index is 11.5. The Hall–Kier alpha value is -2.11. The van der Waals surface area contributed by atoms with Crippen molar-refractivity contribution in [2.75, 3.05) is 6.54 Å². The van der Waals surface area contributed by atoms with Gasteiger partial charge in [0.2, 0.25) is 0 Å². The molecular formula is C13H17N3O3. The number of aromatic carboxylic acids is 1. The summed E-state index contributed by atoms with van der Waals surface area (Å²) in [4.78, 5) is 25.9. The maximum atomic E-state index is 11.5. The van der Waals surface area contributed by atoms with Gasteiger partial charge >= 0.3 is 12.0 Å². The Morgan fingerprint density at radius 2 is 2.11 bits per heavy atom. The van der Waals surface area contributed by atoms with Crippen molar-refractivity contribution in [2.24, 2.45) is 5.41 Å². The van der Waals surface area contributed by atoms with Crippen LogP contribution in [-0.2, 0) is 6.54 Å². The van der Waals surface area contributed by atoms with E-state index < -0.39 is 5.97 Å². The average molecular weight is 263 g/mol. The van der Waals surface area contributed by atoms with Crippen LogP contribution in [0.15, 0.2) is 18.3 Å². The van der Waals surface area contributed by atoms with Crippen LogP contribution in [0, 0.1) is 5.41 Å². The maximum Gasteiger partial charge on any atom is 0.354 e. The molecule has 1 saturated carbocycles. The fourth-order valence-corrected chi connectivity index (χ4v) is 1.58. The second-order valence-electron chi connectivity index (χ2n) is 5.20. The van der Waals surface area contributed by atoms with Gasteiger partial charge in [0, 0.05) is 19.3 Å². The van der Waals surface area contributed by atoms with Crippen molar-refractivity contribution >= 4 is 12.0 Å². The van der Waals surface area contributed by atoms with Gasteiger partial charge in [-0.2, -0.15) is 0 Å². The number of nitrogens with zero attached hydrogens (tertiary/aromatic N) is 1. The summed E-state index contributed by atoms with van der Waals surface area (Å²) in [6.07, 6.45) is 3.77. The molecule has 1 aliphatic carbocycles. The normalized spacial score (nSPS) is 15.6. The highest BCUT2D eigenvalue weighted by Crippen LogP contribution is 2.43. The van der Waals surface area contributed by atoms with Crippen molar-refractivity contribution in [3.8, 4) is 0 Å². The van der Waals surface area contributed by atoms with Crippen molar-refractivity contribution in [3.05, 3.63) is 29.6 Å². The molecule has 1 aliphatic rings. The molecule has 2 rings (SSSR count). The van der Waals surface area contributed by atoms with Crippen LogP contribution in [0.4, 0.5) is 4.79 Å². The molecule has 0 radical (unpaired) electrons. The first-order chi connectivity index (χ1) is 8.98. The number of amides is 2. The number of hydrogen-bond acceptors (Lipinski definition) is 3. The van der Waals surface area contributed by atoms with Crippen LogP contribution < -0.4 is 10.6 Å². The number of carboxylic acids is 1. The zero-order valence-electron chi connectivity index (χ0n) is 10.8. The van der Waals surface area contributed by atoms with Gasteiger partial charge in [-0.3, -0.25) is 0 Å². The first kappa shape index (κ1) is 13.3. The van der Waals surface area contributed by atoms with Crippen LogP contribution in [0.5, 0.6) is 0 Å². The fraction of sp³-hybridized carbons (Fsp3) is 0.462. The number of rotatable bonds is 5. The minimum Gasteiger partial charge on any atom is -0.477 e. The van der Waals surface area contributed by atoms with Crippen LogP contribution in [0.1, 0.15) is 35.8 Å². The van der Waals surface area contributed by atoms with E-state index in [1.165, 1.54) is 12.3 Å². The summed E-state index contributed by atoms with van der Waals surface area (Å²) in [5.41, 5.74) is 1.04. The topological polar surface area (TPSA) is 91.3 Å². The Balaban J connectivity index is 1.75. The average Bonchev–Trinajstić information content (AvgIpc) is 3.13. The number of aromatic nitrogens is 1. The number of urea groups is 1. The van der Waals surface area contributed by atoms with Gasteiger partial charge < -0.3 is 15.7 Å². The highest BCUT2D eigenvalue weighted by atomic mass is 16.4. The summed E-state index contributed by atoms with van der Waals surface area (Å²) in [5.74, 6) is -1.06. The molecule has 1 heterocycles. The highest BCUT2D eigenvalue weighted by molar-refractivity contribution is 5.85. The SMILES string of the molecule is CC1(CNC(=O)NCc2ccc(C(=O)O)nc2)CC1. The zero-order chi connectivity index (χ0) is 13.9. The van der Waals surface area contributed by atoms with E-state index in [4.69, 9.17) is 5.11 Å². The van der Waals surface area contributed by atoms with Crippen molar-refractivity contribution in [2.45, 2.75) is 26.3 Å². The lowest BCUT2D eigenvalue weighted by Gasteiger charge is -2.11. The summed E-state index contributed by atoms with van der Waals surface area (Å²) in [7, 11) is 0. The molecule has 2 amide bonds. The molecule has 1 aromatic rings. The first-order valence-corrected chi connectivity index (χ1v) is 6.18. The number of hydrogen-bond donors (Lipinski definition) is 3. The summed E-state index contributed by atoms with van der Waals surface area (Å²) >= 11 is 0. The van der Waals surface area contributed by atoms with E-state index >= 15 is 0 Å². The van der Waals surface area contributed by atoms with E-state index in [0.29, 0.717) is 13.1 Å². The third-order valence-corrected chi connectivity index (χ3v) is 3.28. The van der Waals surface area contributed by atoms with Crippen LogP contribution in [0.25, 0.3) is 0 Å². The number of carboxylic acid groups (broad SMARTS) is 1. The number of carbonyl (C=O) groups excluding carboxylic acids is 1. The van der Waals surface area contributed by atoms with Gasteiger partial charge in [-0.15, -0.1) is 0 Å². The van der Waals surface area contributed by atoms with E-state index in [2.05, 4.69) is 22.5 Å². The van der Waals surface area contributed by atoms with Crippen LogP contribution in [0.2, 0.25) is 0 Å². The molecule has 1 aromatic heterocycles. The molecule has 102 valence electrons. The summed E-state index contributed by atoms with van der Waals surface area (Å²) in [5, 5.41) is 14.2. The van der Waals surface area contributed by atoms with Gasteiger partial charge in [0.25, 0.3) is 0 Å². The summed E-state index contributed by atoms with van der Waals surface area (Å²) in [6.45, 7) is 3.16. The molecular weight excluding hydrogens is 246 g/mol. The smallest absolute Gasteiger partial charge is 0.354 e. The summed E-state index contributed by atoms with van der Waals surface area (Å²) < 4.78 is 0. The monoisotopic (exact) mass is 263 g/mol. The molecule has 19 heavy (non-hydrogen) atoms. The van der Waals surface area contributed by atoms with Crippen molar-refractivity contribution < 1.29 is 14.7 Å². The predicted molar refractivity (Wildman–Crippen MR) is 68.8 cm³/mol. The minimum absolute atomic E-state index is 0.00476. The Morgan fingerprint density at radius 3 is 2.63 bits per heavy atom. The first-order valence-electron chi connectivity index (χ1n) is 6.18. The molecule has 0 aliphatic heterocycles. The van der Waals surface area contributed by atoms with Crippen molar-refractivity contribution in [1.29, 1.82) is 0 Å². The second-order valence-corrected chi connectivity index (χ2v) is 5.20. The lowest BCUT2D eigenvalue weighted by atomic mass is 10.1. The van der Waals surface area contributed by atoms with Gasteiger partial charge in [0.15, 0.2) is 0 Å². The quantitative estimate of drug-likeness (QED) is 0.748. The molecule has 6 nitrogen and oxygen atoms in total. The Labute approximate surface area is 111 Å². The van der Waals surface area contributed by atoms with Crippen LogP contribution in [0.3, 0.4) is 0 Å². The molecule has 0 saturated heterocycles. The van der Waals surface area contributed by atoms with Gasteiger partial charge in [0.1, 0.15) is 5.69 Å². The van der Waals surface area contributed by atoms with Gasteiger partial charge in [-0.1, -0.05) is 13.0 Å². The molecule has 0 unspecified atom stereocenters. The minimum atomic E-state index is -1.06. The Bertz CT molecular complexity index is 480. The van der Waals surface area contributed by atoms with E-state index in [1.807, 2.05) is 0 Å². The molecule has 0 bridgehead atoms. The molecule has 6 heteroatoms. The standard InChI is InChI=1S/C13H17N3O3/c1-13(4-5-13)8-16-12(19)15-7-9-2-3-10(11(17)18)14-6-9/h2-3,6H,4-5,7-8H2,1H3,(H,17,18)(H2,15,16,19). The number of pyridine rings is 1. The second kappa shape index (κ2) is 5.26. The zero-order valence-corrected chi connectivity index (χ0v) is 10.8. The van der Waals surface area contributed by atoms with Crippen molar-refractivity contribution in [3.63, 3.8) is 0 Å². The molecule has 1 fully saturated rings. The molecule has 0 spiro atoms. The fourth-order valence-electron chi connectivity index (χ4n) is 1.58. The van der Waals surface area contributed by atoms with Gasteiger partial charge in [-0.05, 0) is 29.9 Å². The molecule has 3 N–H and O–H groups in total. The van der Waals surface area contributed by atoms with E-state index in [9.17, 15) is 9.59 Å². The van der Waals surface area contributed by atoms with Crippen molar-refractivity contribution in [1.82, 2.24) is 15.6 Å². The third-order valence-electron chi connectivity index (χ3n) is 3.28. The third kappa shape index (κ3) is 3.94. The van der Waals surface area contributed by atoms with Crippen LogP contribution in [-0.4, -0.2) is 28.6 Å². The molecule has 0 aromatic carbocycles. The summed E-state index contributed by atoms with van der Waals surface area (Å²) in [6, 6.07) is 2.84. The molecule has 0 atom stereocenters. The highest BCUT2D eigenvalue weighted by Gasteiger charge is 2.37. The van der Waals surface area contributed by atoms with E-state index in [1.54, 1.807) is 6.07 Å². The van der Waals surface area contributed by atoms with E-state index in [0.717, 1.165) is 18.4 Å². The van der Waals surface area contributed by atoms with Crippen LogP contribution >= 0.6 is 0 Å². The Morgan fingerprint density at radius 1 is 1.37 bits per heavy atom. The predicted octanol–water partition coefficient (Wildman–Crippen LogP) is 1.38. The lowest BCUT2D eigenvalue weighted by molar-refractivity contribution is 0.0690. The Kier molecular flexibility index (Phi) is 3.69. The lowest BCUT2D eigenvalue weighted by Crippen LogP contribution is -2.37. The number of nitrogens with one attached hydrogen (secondary N) is 2. The van der Waals surface area contributed by atoms with Gasteiger partial charge in [-0.25, -0.2) is 14.6 Å². The largest absolute Gasteiger partial charge is 0.477 e. The van der Waals surface area contributed by atoms with E-state index in [-0.39, 0.29) is 17.1 Å². The van der Waals surface area contributed by atoms with Gasteiger partial charge in [0.05, 0.1) is 0 Å². The number of carbonyl (C=O) groups is 2.